The Balaban J connectivity index is 2.12. The number of hydrogen-bond acceptors (Lipinski definition) is 5. The van der Waals surface area contributed by atoms with Crippen LogP contribution in [0.15, 0.2) is 60.7 Å². The highest BCUT2D eigenvalue weighted by molar-refractivity contribution is 5.98. The van der Waals surface area contributed by atoms with Crippen LogP contribution in [0.2, 0.25) is 0 Å². The van der Waals surface area contributed by atoms with Crippen molar-refractivity contribution in [1.29, 1.82) is 5.26 Å². The van der Waals surface area contributed by atoms with Crippen molar-refractivity contribution >= 4 is 24.0 Å². The second-order valence-electron chi connectivity index (χ2n) is 5.36. The average Bonchev–Trinajstić information content (AvgIpc) is 2.71. The third kappa shape index (κ3) is 5.83. The minimum atomic E-state index is -1.28. The van der Waals surface area contributed by atoms with Gasteiger partial charge < -0.3 is 10.1 Å². The lowest BCUT2D eigenvalue weighted by Crippen LogP contribution is -2.41. The average molecular weight is 363 g/mol. The van der Waals surface area contributed by atoms with E-state index in [4.69, 9.17) is 10.00 Å². The zero-order valence-corrected chi connectivity index (χ0v) is 14.5. The molecule has 0 aliphatic carbocycles. The van der Waals surface area contributed by atoms with E-state index in [1.807, 2.05) is 6.07 Å². The van der Waals surface area contributed by atoms with Gasteiger partial charge in [0.25, 0.3) is 5.91 Å². The molecule has 0 saturated carbocycles. The number of nitrogens with zero attached hydrogens (tertiary/aromatic N) is 1. The van der Waals surface area contributed by atoms with Gasteiger partial charge in [-0.25, -0.2) is 9.59 Å². The molecule has 2 rings (SSSR count). The molecule has 0 aromatic heterocycles. The molecule has 1 atom stereocenters. The summed E-state index contributed by atoms with van der Waals surface area (Å²) in [4.78, 5) is 35.8. The van der Waals surface area contributed by atoms with Crippen molar-refractivity contribution in [2.75, 3.05) is 7.05 Å². The molecule has 7 heteroatoms. The number of urea groups is 1. The van der Waals surface area contributed by atoms with Crippen molar-refractivity contribution in [2.45, 2.75) is 6.10 Å². The zero-order chi connectivity index (χ0) is 19.6. The highest BCUT2D eigenvalue weighted by Gasteiger charge is 2.25. The van der Waals surface area contributed by atoms with Crippen molar-refractivity contribution in [3.05, 3.63) is 77.4 Å². The van der Waals surface area contributed by atoms with Crippen LogP contribution in [-0.2, 0) is 14.3 Å². The Morgan fingerprint density at radius 1 is 1.07 bits per heavy atom. The van der Waals surface area contributed by atoms with Gasteiger partial charge in [0.1, 0.15) is 0 Å². The maximum absolute atomic E-state index is 12.3. The minimum Gasteiger partial charge on any atom is -0.444 e. The SMILES string of the molecule is CNC(=O)NC(=O)[C@H](OC(=O)/C=C/c1ccc(C#N)cc1)c1ccccc1. The Kier molecular flexibility index (Phi) is 6.85. The van der Waals surface area contributed by atoms with Gasteiger partial charge in [-0.15, -0.1) is 0 Å². The zero-order valence-electron chi connectivity index (χ0n) is 14.5. The number of nitriles is 1. The summed E-state index contributed by atoms with van der Waals surface area (Å²) >= 11 is 0. The topological polar surface area (TPSA) is 108 Å². The van der Waals surface area contributed by atoms with Crippen LogP contribution in [0.25, 0.3) is 6.08 Å². The second-order valence-corrected chi connectivity index (χ2v) is 5.36. The van der Waals surface area contributed by atoms with Crippen LogP contribution in [0.1, 0.15) is 22.8 Å². The van der Waals surface area contributed by atoms with Crippen LogP contribution in [-0.4, -0.2) is 25.0 Å². The molecular formula is C20H17N3O4. The lowest BCUT2D eigenvalue weighted by atomic mass is 10.1. The van der Waals surface area contributed by atoms with E-state index in [9.17, 15) is 14.4 Å². The van der Waals surface area contributed by atoms with E-state index >= 15 is 0 Å². The number of rotatable bonds is 5. The summed E-state index contributed by atoms with van der Waals surface area (Å²) in [6.07, 6.45) is 1.40. The number of carbonyl (C=O) groups is 3. The van der Waals surface area contributed by atoms with Gasteiger partial charge in [-0.2, -0.15) is 5.26 Å². The molecule has 0 aliphatic heterocycles. The molecule has 0 radical (unpaired) electrons. The summed E-state index contributed by atoms with van der Waals surface area (Å²) in [5, 5.41) is 13.1. The van der Waals surface area contributed by atoms with Crippen LogP contribution >= 0.6 is 0 Å². The standard InChI is InChI=1S/C20H17N3O4/c1-22-20(26)23-19(25)18(16-5-3-2-4-6-16)27-17(24)12-11-14-7-9-15(13-21)10-8-14/h2-12,18H,1H3,(H2,22,23,25,26)/b12-11+/t18-/m1/s1. The second kappa shape index (κ2) is 9.53. The largest absolute Gasteiger partial charge is 0.444 e. The van der Waals surface area contributed by atoms with Crippen LogP contribution in [0, 0.1) is 11.3 Å². The molecule has 0 spiro atoms. The van der Waals surface area contributed by atoms with E-state index < -0.39 is 24.0 Å². The van der Waals surface area contributed by atoms with Gasteiger partial charge in [0.2, 0.25) is 6.10 Å². The predicted octanol–water partition coefficient (Wildman–Crippen LogP) is 2.31. The Bertz CT molecular complexity index is 884. The molecule has 0 unspecified atom stereocenters. The number of ether oxygens (including phenoxy) is 1. The molecule has 27 heavy (non-hydrogen) atoms. The highest BCUT2D eigenvalue weighted by atomic mass is 16.5. The summed E-state index contributed by atoms with van der Waals surface area (Å²) < 4.78 is 5.24. The van der Waals surface area contributed by atoms with Gasteiger partial charge >= 0.3 is 12.0 Å². The van der Waals surface area contributed by atoms with E-state index in [-0.39, 0.29) is 0 Å². The molecule has 2 N–H and O–H groups in total. The quantitative estimate of drug-likeness (QED) is 0.626. The van der Waals surface area contributed by atoms with Gasteiger partial charge in [0.05, 0.1) is 11.6 Å². The van der Waals surface area contributed by atoms with Gasteiger partial charge in [0, 0.05) is 18.7 Å². The Morgan fingerprint density at radius 2 is 1.74 bits per heavy atom. The van der Waals surface area contributed by atoms with E-state index in [1.54, 1.807) is 54.6 Å². The number of amides is 3. The van der Waals surface area contributed by atoms with Gasteiger partial charge in [0.15, 0.2) is 0 Å². The van der Waals surface area contributed by atoms with Crippen LogP contribution in [0.4, 0.5) is 4.79 Å². The number of nitrogens with one attached hydrogen (secondary N) is 2. The number of benzene rings is 2. The fourth-order valence-corrected chi connectivity index (χ4v) is 2.13. The van der Waals surface area contributed by atoms with Crippen molar-refractivity contribution < 1.29 is 19.1 Å². The third-order valence-corrected chi connectivity index (χ3v) is 3.49. The first-order valence-electron chi connectivity index (χ1n) is 8.00. The molecule has 0 fully saturated rings. The fraction of sp³-hybridized carbons (Fsp3) is 0.100. The molecular weight excluding hydrogens is 346 g/mol. The van der Waals surface area contributed by atoms with Crippen molar-refractivity contribution in [2.24, 2.45) is 0 Å². The maximum Gasteiger partial charge on any atom is 0.331 e. The molecule has 2 aromatic carbocycles. The van der Waals surface area contributed by atoms with Gasteiger partial charge in [-0.3, -0.25) is 10.1 Å². The number of esters is 1. The molecule has 0 saturated heterocycles. The molecule has 0 bridgehead atoms. The lowest BCUT2D eigenvalue weighted by molar-refractivity contribution is -0.151. The minimum absolute atomic E-state index is 0.430. The third-order valence-electron chi connectivity index (χ3n) is 3.49. The molecule has 0 heterocycles. The molecule has 0 aliphatic rings. The summed E-state index contributed by atoms with van der Waals surface area (Å²) in [7, 11) is 1.37. The monoisotopic (exact) mass is 363 g/mol. The van der Waals surface area contributed by atoms with Crippen molar-refractivity contribution in [3.63, 3.8) is 0 Å². The maximum atomic E-state index is 12.3. The normalized spacial score (nSPS) is 11.3. The fourth-order valence-electron chi connectivity index (χ4n) is 2.13. The molecule has 136 valence electrons. The molecule has 2 aromatic rings. The summed E-state index contributed by atoms with van der Waals surface area (Å²) in [5.74, 6) is -1.51. The first-order chi connectivity index (χ1) is 13.0. The van der Waals surface area contributed by atoms with Crippen molar-refractivity contribution in [1.82, 2.24) is 10.6 Å². The Hall–Kier alpha value is -3.92. The van der Waals surface area contributed by atoms with Crippen LogP contribution < -0.4 is 10.6 Å². The van der Waals surface area contributed by atoms with Gasteiger partial charge in [-0.05, 0) is 23.8 Å². The van der Waals surface area contributed by atoms with E-state index in [0.717, 1.165) is 0 Å². The summed E-state index contributed by atoms with van der Waals surface area (Å²) in [6, 6.07) is 16.3. The number of hydrogen-bond donors (Lipinski definition) is 2. The highest BCUT2D eigenvalue weighted by Crippen LogP contribution is 2.18. The summed E-state index contributed by atoms with van der Waals surface area (Å²) in [5.41, 5.74) is 1.63. The number of carbonyl (C=O) groups excluding carboxylic acids is 3. The summed E-state index contributed by atoms with van der Waals surface area (Å²) in [6.45, 7) is 0. The number of imide groups is 1. The van der Waals surface area contributed by atoms with E-state index in [2.05, 4.69) is 10.6 Å². The first kappa shape index (κ1) is 19.4. The molecule has 7 nitrogen and oxygen atoms in total. The predicted molar refractivity (Wildman–Crippen MR) is 98.1 cm³/mol. The van der Waals surface area contributed by atoms with Gasteiger partial charge in [-0.1, -0.05) is 42.5 Å². The first-order valence-corrected chi connectivity index (χ1v) is 8.00. The van der Waals surface area contributed by atoms with Crippen LogP contribution in [0.3, 0.4) is 0 Å². The Labute approximate surface area is 156 Å². The smallest absolute Gasteiger partial charge is 0.331 e. The van der Waals surface area contributed by atoms with Crippen molar-refractivity contribution in [3.8, 4) is 6.07 Å². The van der Waals surface area contributed by atoms with E-state index in [1.165, 1.54) is 19.2 Å². The Morgan fingerprint density at radius 3 is 2.33 bits per heavy atom. The van der Waals surface area contributed by atoms with E-state index in [0.29, 0.717) is 16.7 Å². The van der Waals surface area contributed by atoms with Crippen LogP contribution in [0.5, 0.6) is 0 Å². The lowest BCUT2D eigenvalue weighted by Gasteiger charge is -2.16. The molecule has 3 amide bonds.